The van der Waals surface area contributed by atoms with E-state index in [0.717, 1.165) is 16.0 Å². The summed E-state index contributed by atoms with van der Waals surface area (Å²) in [4.78, 5) is 0. The standard InChI is InChI=1S/C10H13BrO2Si/c1-14(2,3)10-5-9-8(4-7(10)11)12-6-13-9/h4-5H,6H2,1-3H3. The van der Waals surface area contributed by atoms with Gasteiger partial charge < -0.3 is 9.47 Å². The Kier molecular flexibility index (Phi) is 2.35. The van der Waals surface area contributed by atoms with Gasteiger partial charge >= 0.3 is 0 Å². The Morgan fingerprint density at radius 2 is 1.71 bits per heavy atom. The highest BCUT2D eigenvalue weighted by molar-refractivity contribution is 9.10. The van der Waals surface area contributed by atoms with Crippen molar-refractivity contribution in [2.75, 3.05) is 6.79 Å². The number of ether oxygens (including phenoxy) is 2. The van der Waals surface area contributed by atoms with Crippen LogP contribution in [0.5, 0.6) is 11.5 Å². The second-order valence-corrected chi connectivity index (χ2v) is 10.3. The van der Waals surface area contributed by atoms with Gasteiger partial charge in [-0.1, -0.05) is 35.6 Å². The van der Waals surface area contributed by atoms with E-state index in [-0.39, 0.29) is 0 Å². The Labute approximate surface area is 93.4 Å². The molecule has 4 heteroatoms. The van der Waals surface area contributed by atoms with Gasteiger partial charge in [0.15, 0.2) is 11.5 Å². The van der Waals surface area contributed by atoms with Gasteiger partial charge in [-0.2, -0.15) is 0 Å². The number of fused-ring (bicyclic) bond motifs is 1. The van der Waals surface area contributed by atoms with Crippen LogP contribution < -0.4 is 14.7 Å². The van der Waals surface area contributed by atoms with Crippen molar-refractivity contribution >= 4 is 29.2 Å². The predicted molar refractivity (Wildman–Crippen MR) is 63.2 cm³/mol. The Morgan fingerprint density at radius 1 is 1.14 bits per heavy atom. The highest BCUT2D eigenvalue weighted by Crippen LogP contribution is 2.34. The zero-order chi connectivity index (χ0) is 10.3. The largest absolute Gasteiger partial charge is 0.454 e. The first-order chi connectivity index (χ1) is 6.48. The van der Waals surface area contributed by atoms with Gasteiger partial charge in [0.2, 0.25) is 6.79 Å². The molecule has 2 rings (SSSR count). The van der Waals surface area contributed by atoms with Crippen molar-refractivity contribution in [1.82, 2.24) is 0 Å². The summed E-state index contributed by atoms with van der Waals surface area (Å²) in [6, 6.07) is 4.12. The fourth-order valence-corrected chi connectivity index (χ4v) is 4.95. The van der Waals surface area contributed by atoms with Gasteiger partial charge in [-0.05, 0) is 17.3 Å². The Morgan fingerprint density at radius 3 is 2.29 bits per heavy atom. The Balaban J connectivity index is 2.53. The van der Waals surface area contributed by atoms with Crippen molar-refractivity contribution in [3.8, 4) is 11.5 Å². The second kappa shape index (κ2) is 3.27. The molecule has 0 amide bonds. The molecule has 2 nitrogen and oxygen atoms in total. The lowest BCUT2D eigenvalue weighted by Gasteiger charge is -2.18. The van der Waals surface area contributed by atoms with E-state index in [9.17, 15) is 0 Å². The molecule has 1 aromatic rings. The fourth-order valence-electron chi connectivity index (χ4n) is 1.49. The average molecular weight is 273 g/mol. The highest BCUT2D eigenvalue weighted by atomic mass is 79.9. The molecule has 0 saturated carbocycles. The highest BCUT2D eigenvalue weighted by Gasteiger charge is 2.24. The summed E-state index contributed by atoms with van der Waals surface area (Å²) in [5, 5.41) is 1.38. The molecule has 76 valence electrons. The van der Waals surface area contributed by atoms with Crippen molar-refractivity contribution in [3.05, 3.63) is 16.6 Å². The molecule has 0 aromatic heterocycles. The minimum Gasteiger partial charge on any atom is -0.454 e. The van der Waals surface area contributed by atoms with Crippen LogP contribution in [0.15, 0.2) is 16.6 Å². The van der Waals surface area contributed by atoms with E-state index in [1.54, 1.807) is 0 Å². The molecule has 0 radical (unpaired) electrons. The number of hydrogen-bond acceptors (Lipinski definition) is 2. The van der Waals surface area contributed by atoms with Gasteiger partial charge in [-0.15, -0.1) is 0 Å². The molecule has 0 saturated heterocycles. The maximum Gasteiger partial charge on any atom is 0.231 e. The molecule has 1 aliphatic rings. The third kappa shape index (κ3) is 1.68. The predicted octanol–water partition coefficient (Wildman–Crippen LogP) is 2.72. The van der Waals surface area contributed by atoms with E-state index in [1.165, 1.54) is 5.19 Å². The van der Waals surface area contributed by atoms with E-state index in [0.29, 0.717) is 6.79 Å². The molecule has 1 heterocycles. The van der Waals surface area contributed by atoms with Crippen LogP contribution in [0.2, 0.25) is 19.6 Å². The molecule has 0 atom stereocenters. The molecule has 0 N–H and O–H groups in total. The van der Waals surface area contributed by atoms with Crippen LogP contribution in [0.3, 0.4) is 0 Å². The summed E-state index contributed by atoms with van der Waals surface area (Å²) in [5.74, 6) is 1.73. The summed E-state index contributed by atoms with van der Waals surface area (Å²) < 4.78 is 11.8. The van der Waals surface area contributed by atoms with Crippen LogP contribution in [0.1, 0.15) is 0 Å². The smallest absolute Gasteiger partial charge is 0.231 e. The summed E-state index contributed by atoms with van der Waals surface area (Å²) >= 11 is 3.58. The van der Waals surface area contributed by atoms with Gasteiger partial charge in [0.1, 0.15) is 0 Å². The molecule has 14 heavy (non-hydrogen) atoms. The van der Waals surface area contributed by atoms with E-state index in [4.69, 9.17) is 9.47 Å². The Bertz CT molecular complexity index is 371. The van der Waals surface area contributed by atoms with Crippen LogP contribution in [0.4, 0.5) is 0 Å². The molecule has 0 fully saturated rings. The van der Waals surface area contributed by atoms with Crippen molar-refractivity contribution in [1.29, 1.82) is 0 Å². The lowest BCUT2D eigenvalue weighted by atomic mass is 10.3. The molecule has 1 aromatic carbocycles. The molecule has 0 bridgehead atoms. The number of rotatable bonds is 1. The summed E-state index contributed by atoms with van der Waals surface area (Å²) in [5.41, 5.74) is 0. The minimum absolute atomic E-state index is 0.344. The van der Waals surface area contributed by atoms with Crippen LogP contribution in [0.25, 0.3) is 0 Å². The van der Waals surface area contributed by atoms with Gasteiger partial charge in [0.05, 0.1) is 8.07 Å². The van der Waals surface area contributed by atoms with Gasteiger partial charge in [-0.3, -0.25) is 0 Å². The van der Waals surface area contributed by atoms with Gasteiger partial charge in [-0.25, -0.2) is 0 Å². The zero-order valence-electron chi connectivity index (χ0n) is 8.56. The maximum atomic E-state index is 5.37. The monoisotopic (exact) mass is 272 g/mol. The van der Waals surface area contributed by atoms with Crippen molar-refractivity contribution in [3.63, 3.8) is 0 Å². The van der Waals surface area contributed by atoms with Crippen molar-refractivity contribution in [2.45, 2.75) is 19.6 Å². The first kappa shape index (κ1) is 10.0. The topological polar surface area (TPSA) is 18.5 Å². The maximum absolute atomic E-state index is 5.37. The van der Waals surface area contributed by atoms with Crippen LogP contribution in [-0.2, 0) is 0 Å². The third-order valence-electron chi connectivity index (χ3n) is 2.27. The first-order valence-corrected chi connectivity index (χ1v) is 8.87. The van der Waals surface area contributed by atoms with Crippen LogP contribution >= 0.6 is 15.9 Å². The minimum atomic E-state index is -1.30. The van der Waals surface area contributed by atoms with Gasteiger partial charge in [0, 0.05) is 4.47 Å². The van der Waals surface area contributed by atoms with Crippen LogP contribution in [-0.4, -0.2) is 14.9 Å². The SMILES string of the molecule is C[Si](C)(C)c1cc2c(cc1Br)OCO2. The first-order valence-electron chi connectivity index (χ1n) is 4.58. The second-order valence-electron chi connectivity index (χ2n) is 4.44. The number of hydrogen-bond donors (Lipinski definition) is 0. The van der Waals surface area contributed by atoms with Crippen molar-refractivity contribution in [2.24, 2.45) is 0 Å². The van der Waals surface area contributed by atoms with E-state index < -0.39 is 8.07 Å². The molecule has 0 aliphatic carbocycles. The molecular weight excluding hydrogens is 260 g/mol. The van der Waals surface area contributed by atoms with Crippen molar-refractivity contribution < 1.29 is 9.47 Å². The normalized spacial score (nSPS) is 14.6. The van der Waals surface area contributed by atoms with E-state index in [2.05, 4.69) is 41.6 Å². The third-order valence-corrected chi connectivity index (χ3v) is 5.32. The summed E-state index contributed by atoms with van der Waals surface area (Å²) in [6.45, 7) is 7.29. The number of halogens is 1. The quantitative estimate of drug-likeness (QED) is 0.732. The lowest BCUT2D eigenvalue weighted by molar-refractivity contribution is 0.174. The molecular formula is C10H13BrO2Si. The molecule has 0 unspecified atom stereocenters. The molecule has 1 aliphatic heterocycles. The lowest BCUT2D eigenvalue weighted by Crippen LogP contribution is -2.38. The molecule has 0 spiro atoms. The zero-order valence-corrected chi connectivity index (χ0v) is 11.1. The van der Waals surface area contributed by atoms with E-state index in [1.807, 2.05) is 6.07 Å². The summed E-state index contributed by atoms with van der Waals surface area (Å²) in [7, 11) is -1.30. The summed E-state index contributed by atoms with van der Waals surface area (Å²) in [6.07, 6.45) is 0. The number of benzene rings is 1. The van der Waals surface area contributed by atoms with Gasteiger partial charge in [0.25, 0.3) is 0 Å². The fraction of sp³-hybridized carbons (Fsp3) is 0.400. The van der Waals surface area contributed by atoms with E-state index >= 15 is 0 Å². The average Bonchev–Trinajstić information content (AvgIpc) is 2.47. The van der Waals surface area contributed by atoms with Crippen LogP contribution in [0, 0.1) is 0 Å². The Hall–Kier alpha value is -0.483.